The minimum Gasteiger partial charge on any atom is -0.324 e. The third-order valence-electron chi connectivity index (χ3n) is 2.67. The van der Waals surface area contributed by atoms with E-state index in [0.717, 1.165) is 18.4 Å². The van der Waals surface area contributed by atoms with Crippen molar-refractivity contribution in [3.63, 3.8) is 0 Å². The largest absolute Gasteiger partial charge is 0.324 e. The van der Waals surface area contributed by atoms with Crippen molar-refractivity contribution in [2.75, 3.05) is 0 Å². The molecule has 0 saturated carbocycles. The molecule has 3 heteroatoms. The highest BCUT2D eigenvalue weighted by Crippen LogP contribution is 2.26. The van der Waals surface area contributed by atoms with Crippen LogP contribution in [0.1, 0.15) is 38.3 Å². The fourth-order valence-electron chi connectivity index (χ4n) is 1.53. The molecule has 0 saturated heterocycles. The first-order valence-electron chi connectivity index (χ1n) is 5.24. The van der Waals surface area contributed by atoms with Gasteiger partial charge in [0.15, 0.2) is 0 Å². The normalized spacial score (nSPS) is 15.0. The van der Waals surface area contributed by atoms with Gasteiger partial charge in [-0.15, -0.1) is 0 Å². The van der Waals surface area contributed by atoms with Gasteiger partial charge in [-0.1, -0.05) is 43.5 Å². The second kappa shape index (κ2) is 5.74. The molecule has 1 rings (SSSR count). The third-order valence-corrected chi connectivity index (χ3v) is 3.10. The number of benzene rings is 1. The van der Waals surface area contributed by atoms with Gasteiger partial charge in [-0.3, -0.25) is 0 Å². The molecule has 0 bridgehead atoms. The van der Waals surface area contributed by atoms with E-state index in [4.69, 9.17) is 28.9 Å². The van der Waals surface area contributed by atoms with E-state index in [9.17, 15) is 0 Å². The summed E-state index contributed by atoms with van der Waals surface area (Å²) in [5, 5.41) is 1.30. The van der Waals surface area contributed by atoms with Gasteiger partial charge in [0, 0.05) is 16.1 Å². The predicted octanol–water partition coefficient (Wildman–Crippen LogP) is 4.43. The average molecular weight is 246 g/mol. The highest BCUT2D eigenvalue weighted by molar-refractivity contribution is 6.34. The van der Waals surface area contributed by atoms with E-state index in [1.807, 2.05) is 12.1 Å². The average Bonchev–Trinajstić information content (AvgIpc) is 2.16. The zero-order valence-corrected chi connectivity index (χ0v) is 10.6. The third kappa shape index (κ3) is 4.02. The maximum atomic E-state index is 6.09. The molecule has 1 nitrogen and oxygen atoms in total. The monoisotopic (exact) mass is 245 g/mol. The zero-order valence-electron chi connectivity index (χ0n) is 9.13. The van der Waals surface area contributed by atoms with Crippen LogP contribution in [0.4, 0.5) is 0 Å². The Morgan fingerprint density at radius 1 is 1.20 bits per heavy atom. The van der Waals surface area contributed by atoms with Crippen molar-refractivity contribution >= 4 is 23.2 Å². The number of nitrogens with two attached hydrogens (primary N) is 1. The number of rotatable bonds is 4. The Balaban J connectivity index is 2.77. The summed E-state index contributed by atoms with van der Waals surface area (Å²) in [7, 11) is 0. The summed E-state index contributed by atoms with van der Waals surface area (Å²) in [6.45, 7) is 4.37. The molecule has 2 unspecified atom stereocenters. The van der Waals surface area contributed by atoms with Crippen molar-refractivity contribution in [2.24, 2.45) is 11.7 Å². The standard InChI is InChI=1S/C12H17Cl2N/c1-3-8(2)4-12(15)9-5-10(13)7-11(14)6-9/h5-8,12H,3-4,15H2,1-2H3. The molecular weight excluding hydrogens is 229 g/mol. The van der Waals surface area contributed by atoms with Crippen LogP contribution in [0.2, 0.25) is 10.0 Å². The molecule has 0 aliphatic heterocycles. The number of hydrogen-bond acceptors (Lipinski definition) is 1. The molecule has 0 aromatic heterocycles. The maximum absolute atomic E-state index is 6.09. The predicted molar refractivity (Wildman–Crippen MR) is 67.5 cm³/mol. The highest BCUT2D eigenvalue weighted by Gasteiger charge is 2.11. The van der Waals surface area contributed by atoms with Crippen molar-refractivity contribution in [3.05, 3.63) is 33.8 Å². The maximum Gasteiger partial charge on any atom is 0.0424 e. The lowest BCUT2D eigenvalue weighted by molar-refractivity contribution is 0.461. The van der Waals surface area contributed by atoms with E-state index in [2.05, 4.69) is 13.8 Å². The van der Waals surface area contributed by atoms with Gasteiger partial charge in [0.25, 0.3) is 0 Å². The van der Waals surface area contributed by atoms with Crippen molar-refractivity contribution in [2.45, 2.75) is 32.7 Å². The molecule has 2 atom stereocenters. The molecule has 84 valence electrons. The van der Waals surface area contributed by atoms with Crippen LogP contribution < -0.4 is 5.73 Å². The Morgan fingerprint density at radius 3 is 2.20 bits per heavy atom. The van der Waals surface area contributed by atoms with Crippen LogP contribution in [0.25, 0.3) is 0 Å². The van der Waals surface area contributed by atoms with Crippen LogP contribution >= 0.6 is 23.2 Å². The van der Waals surface area contributed by atoms with Crippen LogP contribution in [0.5, 0.6) is 0 Å². The van der Waals surface area contributed by atoms with Crippen LogP contribution in [0, 0.1) is 5.92 Å². The number of halogens is 2. The molecule has 0 radical (unpaired) electrons. The van der Waals surface area contributed by atoms with E-state index >= 15 is 0 Å². The minimum absolute atomic E-state index is 0.0242. The Hall–Kier alpha value is -0.240. The van der Waals surface area contributed by atoms with Gasteiger partial charge in [0.05, 0.1) is 0 Å². The molecule has 0 spiro atoms. The van der Waals surface area contributed by atoms with Crippen LogP contribution in [-0.2, 0) is 0 Å². The van der Waals surface area contributed by atoms with Crippen LogP contribution in [-0.4, -0.2) is 0 Å². The van der Waals surface area contributed by atoms with Crippen molar-refractivity contribution in [1.82, 2.24) is 0 Å². The number of hydrogen-bond donors (Lipinski definition) is 1. The summed E-state index contributed by atoms with van der Waals surface area (Å²) in [6.07, 6.45) is 2.11. The van der Waals surface area contributed by atoms with Crippen molar-refractivity contribution < 1.29 is 0 Å². The lowest BCUT2D eigenvalue weighted by atomic mass is 9.95. The molecule has 2 N–H and O–H groups in total. The fraction of sp³-hybridized carbons (Fsp3) is 0.500. The minimum atomic E-state index is 0.0242. The van der Waals surface area contributed by atoms with Gasteiger partial charge in [0.1, 0.15) is 0 Å². The summed E-state index contributed by atoms with van der Waals surface area (Å²) in [6, 6.07) is 5.53. The first-order chi connectivity index (χ1) is 7.02. The SMILES string of the molecule is CCC(C)CC(N)c1cc(Cl)cc(Cl)c1. The molecule has 0 aliphatic carbocycles. The summed E-state index contributed by atoms with van der Waals surface area (Å²) in [4.78, 5) is 0. The molecule has 1 aromatic carbocycles. The highest BCUT2D eigenvalue weighted by atomic mass is 35.5. The van der Waals surface area contributed by atoms with Gasteiger partial charge in [-0.25, -0.2) is 0 Å². The first-order valence-corrected chi connectivity index (χ1v) is 6.00. The van der Waals surface area contributed by atoms with Crippen molar-refractivity contribution in [3.8, 4) is 0 Å². The van der Waals surface area contributed by atoms with Crippen LogP contribution in [0.15, 0.2) is 18.2 Å². The lowest BCUT2D eigenvalue weighted by Crippen LogP contribution is -2.13. The zero-order chi connectivity index (χ0) is 11.4. The summed E-state index contributed by atoms with van der Waals surface area (Å²) in [5.41, 5.74) is 7.11. The Morgan fingerprint density at radius 2 is 1.73 bits per heavy atom. The molecule has 0 aliphatic rings. The molecule has 15 heavy (non-hydrogen) atoms. The first kappa shape index (κ1) is 12.8. The Kier molecular flexibility index (Phi) is 4.91. The van der Waals surface area contributed by atoms with Gasteiger partial charge in [-0.05, 0) is 36.1 Å². The van der Waals surface area contributed by atoms with E-state index < -0.39 is 0 Å². The second-order valence-corrected chi connectivity index (χ2v) is 4.93. The summed E-state index contributed by atoms with van der Waals surface area (Å²) in [5.74, 6) is 0.623. The quantitative estimate of drug-likeness (QED) is 0.835. The van der Waals surface area contributed by atoms with Gasteiger partial charge >= 0.3 is 0 Å². The van der Waals surface area contributed by atoms with E-state index in [1.165, 1.54) is 0 Å². The molecule has 1 aromatic rings. The van der Waals surface area contributed by atoms with E-state index in [0.29, 0.717) is 16.0 Å². The smallest absolute Gasteiger partial charge is 0.0424 e. The topological polar surface area (TPSA) is 26.0 Å². The van der Waals surface area contributed by atoms with Gasteiger partial charge in [0.2, 0.25) is 0 Å². The molecule has 0 amide bonds. The molecule has 0 fully saturated rings. The van der Waals surface area contributed by atoms with Gasteiger partial charge < -0.3 is 5.73 Å². The Labute approximate surface area is 102 Å². The molecule has 0 heterocycles. The Bertz CT molecular complexity index is 305. The summed E-state index contributed by atoms with van der Waals surface area (Å²) >= 11 is 11.8. The van der Waals surface area contributed by atoms with Crippen LogP contribution in [0.3, 0.4) is 0 Å². The lowest BCUT2D eigenvalue weighted by Gasteiger charge is -2.16. The molecular formula is C12H17Cl2N. The second-order valence-electron chi connectivity index (χ2n) is 4.06. The van der Waals surface area contributed by atoms with Crippen molar-refractivity contribution in [1.29, 1.82) is 0 Å². The fourth-order valence-corrected chi connectivity index (χ4v) is 2.07. The van der Waals surface area contributed by atoms with E-state index in [1.54, 1.807) is 6.07 Å². The van der Waals surface area contributed by atoms with Gasteiger partial charge in [-0.2, -0.15) is 0 Å². The van der Waals surface area contributed by atoms with E-state index in [-0.39, 0.29) is 6.04 Å². The summed E-state index contributed by atoms with van der Waals surface area (Å²) < 4.78 is 0.